The van der Waals surface area contributed by atoms with E-state index in [1.165, 1.54) is 27.0 Å². The molecule has 0 aliphatic heterocycles. The summed E-state index contributed by atoms with van der Waals surface area (Å²) in [5.74, 6) is 0. The Balaban J connectivity index is 2.23. The molecule has 0 spiro atoms. The van der Waals surface area contributed by atoms with Gasteiger partial charge in [0.05, 0.1) is 15.0 Å². The van der Waals surface area contributed by atoms with E-state index >= 15 is 0 Å². The van der Waals surface area contributed by atoms with Crippen molar-refractivity contribution in [3.05, 3.63) is 32.0 Å². The SMILES string of the molecule is Cc1ncsc1CN(C)S(=O)(=O)c1ccc(Br)s1. The lowest BCUT2D eigenvalue weighted by Crippen LogP contribution is -2.25. The van der Waals surface area contributed by atoms with Gasteiger partial charge in [0.2, 0.25) is 0 Å². The highest BCUT2D eigenvalue weighted by atomic mass is 79.9. The van der Waals surface area contributed by atoms with Gasteiger partial charge in [0.25, 0.3) is 10.0 Å². The van der Waals surface area contributed by atoms with E-state index in [-0.39, 0.29) is 0 Å². The molecule has 0 aliphatic rings. The van der Waals surface area contributed by atoms with Crippen molar-refractivity contribution in [1.82, 2.24) is 9.29 Å². The summed E-state index contributed by atoms with van der Waals surface area (Å²) in [7, 11) is -1.82. The zero-order valence-electron chi connectivity index (χ0n) is 9.75. The fourth-order valence-electron chi connectivity index (χ4n) is 1.36. The Morgan fingerprint density at radius 1 is 1.44 bits per heavy atom. The predicted octanol–water partition coefficient (Wildman–Crippen LogP) is 3.10. The lowest BCUT2D eigenvalue weighted by molar-refractivity contribution is 0.470. The molecule has 0 aliphatic carbocycles. The maximum atomic E-state index is 12.3. The van der Waals surface area contributed by atoms with Crippen molar-refractivity contribution in [3.8, 4) is 0 Å². The van der Waals surface area contributed by atoms with Gasteiger partial charge in [-0.1, -0.05) is 0 Å². The number of thiophene rings is 1. The number of aromatic nitrogens is 1. The largest absolute Gasteiger partial charge is 0.252 e. The highest BCUT2D eigenvalue weighted by molar-refractivity contribution is 9.11. The Kier molecular flexibility index (Phi) is 4.22. The molecule has 98 valence electrons. The van der Waals surface area contributed by atoms with E-state index in [1.807, 2.05) is 6.92 Å². The number of rotatable bonds is 4. The van der Waals surface area contributed by atoms with Crippen molar-refractivity contribution in [1.29, 1.82) is 0 Å². The summed E-state index contributed by atoms with van der Waals surface area (Å²) in [6.07, 6.45) is 0. The smallest absolute Gasteiger partial charge is 0.250 e. The highest BCUT2D eigenvalue weighted by Crippen LogP contribution is 2.29. The summed E-state index contributed by atoms with van der Waals surface area (Å²) in [6, 6.07) is 3.35. The Bertz CT molecular complexity index is 648. The molecule has 0 saturated heterocycles. The first kappa shape index (κ1) is 14.1. The second-order valence-corrected chi connectivity index (χ2v) is 9.35. The van der Waals surface area contributed by atoms with Crippen LogP contribution >= 0.6 is 38.6 Å². The normalized spacial score (nSPS) is 12.2. The van der Waals surface area contributed by atoms with E-state index in [2.05, 4.69) is 20.9 Å². The number of halogens is 1. The van der Waals surface area contributed by atoms with E-state index in [0.717, 1.165) is 14.4 Å². The van der Waals surface area contributed by atoms with Crippen molar-refractivity contribution in [2.45, 2.75) is 17.7 Å². The van der Waals surface area contributed by atoms with Gasteiger partial charge in [-0.25, -0.2) is 13.4 Å². The summed E-state index contributed by atoms with van der Waals surface area (Å²) in [5, 5.41) is 0. The average Bonchev–Trinajstić information content (AvgIpc) is 2.89. The number of hydrogen-bond donors (Lipinski definition) is 0. The van der Waals surface area contributed by atoms with E-state index in [9.17, 15) is 8.42 Å². The number of aryl methyl sites for hydroxylation is 1. The topological polar surface area (TPSA) is 50.3 Å². The first-order valence-corrected chi connectivity index (χ1v) is 8.95. The van der Waals surface area contributed by atoms with Crippen LogP contribution in [0.15, 0.2) is 25.6 Å². The first-order chi connectivity index (χ1) is 8.41. The zero-order chi connectivity index (χ0) is 13.3. The van der Waals surface area contributed by atoms with Crippen molar-refractivity contribution >= 4 is 48.6 Å². The molecule has 2 heterocycles. The van der Waals surface area contributed by atoms with Gasteiger partial charge in [-0.2, -0.15) is 4.31 Å². The molecule has 4 nitrogen and oxygen atoms in total. The minimum atomic E-state index is -3.41. The third-order valence-electron chi connectivity index (χ3n) is 2.42. The van der Waals surface area contributed by atoms with Crippen LogP contribution in [0.3, 0.4) is 0 Å². The molecule has 0 saturated carbocycles. The van der Waals surface area contributed by atoms with Gasteiger partial charge < -0.3 is 0 Å². The Labute approximate surface area is 122 Å². The van der Waals surface area contributed by atoms with Gasteiger partial charge in [0.15, 0.2) is 0 Å². The molecule has 2 aromatic heterocycles. The monoisotopic (exact) mass is 366 g/mol. The second kappa shape index (κ2) is 5.38. The van der Waals surface area contributed by atoms with Gasteiger partial charge in [-0.15, -0.1) is 22.7 Å². The molecular formula is C10H11BrN2O2S3. The summed E-state index contributed by atoms with van der Waals surface area (Å²) < 4.78 is 27.1. The summed E-state index contributed by atoms with van der Waals surface area (Å²) in [5.41, 5.74) is 2.61. The number of sulfonamides is 1. The van der Waals surface area contributed by atoms with Crippen LogP contribution in [-0.4, -0.2) is 24.8 Å². The lowest BCUT2D eigenvalue weighted by atomic mass is 10.4. The van der Waals surface area contributed by atoms with Crippen LogP contribution in [-0.2, 0) is 16.6 Å². The van der Waals surface area contributed by atoms with E-state index in [1.54, 1.807) is 24.7 Å². The molecule has 0 N–H and O–H groups in total. The maximum Gasteiger partial charge on any atom is 0.252 e. The fraction of sp³-hybridized carbons (Fsp3) is 0.300. The number of hydrogen-bond acceptors (Lipinski definition) is 5. The van der Waals surface area contributed by atoms with Crippen LogP contribution in [0, 0.1) is 6.92 Å². The van der Waals surface area contributed by atoms with Gasteiger partial charge in [0, 0.05) is 18.5 Å². The Morgan fingerprint density at radius 3 is 2.67 bits per heavy atom. The van der Waals surface area contributed by atoms with Crippen LogP contribution in [0.1, 0.15) is 10.6 Å². The van der Waals surface area contributed by atoms with Crippen LogP contribution in [0.4, 0.5) is 0 Å². The van der Waals surface area contributed by atoms with Crippen molar-refractivity contribution < 1.29 is 8.42 Å². The lowest BCUT2D eigenvalue weighted by Gasteiger charge is -2.15. The van der Waals surface area contributed by atoms with Gasteiger partial charge in [-0.3, -0.25) is 0 Å². The van der Waals surface area contributed by atoms with Gasteiger partial charge in [0.1, 0.15) is 4.21 Å². The molecule has 2 aromatic rings. The van der Waals surface area contributed by atoms with Gasteiger partial charge >= 0.3 is 0 Å². The number of thiazole rings is 1. The van der Waals surface area contributed by atoms with Crippen molar-refractivity contribution in [2.24, 2.45) is 0 Å². The van der Waals surface area contributed by atoms with E-state index < -0.39 is 10.0 Å². The summed E-state index contributed by atoms with van der Waals surface area (Å²) in [6.45, 7) is 2.24. The quantitative estimate of drug-likeness (QED) is 0.835. The van der Waals surface area contributed by atoms with Gasteiger partial charge in [-0.05, 0) is 35.0 Å². The van der Waals surface area contributed by atoms with Crippen LogP contribution in [0.2, 0.25) is 0 Å². The first-order valence-electron chi connectivity index (χ1n) is 5.02. The average molecular weight is 367 g/mol. The third-order valence-corrected chi connectivity index (χ3v) is 7.24. The van der Waals surface area contributed by atoms with Crippen LogP contribution in [0.25, 0.3) is 0 Å². The molecule has 2 rings (SSSR count). The molecule has 18 heavy (non-hydrogen) atoms. The maximum absolute atomic E-state index is 12.3. The molecule has 0 amide bonds. The highest BCUT2D eigenvalue weighted by Gasteiger charge is 2.23. The van der Waals surface area contributed by atoms with E-state index in [4.69, 9.17) is 0 Å². The predicted molar refractivity (Wildman–Crippen MR) is 77.5 cm³/mol. The molecule has 0 atom stereocenters. The Hall–Kier alpha value is -0.280. The van der Waals surface area contributed by atoms with Crippen LogP contribution < -0.4 is 0 Å². The van der Waals surface area contributed by atoms with Crippen molar-refractivity contribution in [3.63, 3.8) is 0 Å². The standard InChI is InChI=1S/C10H11BrN2O2S3/c1-7-8(16-6-12-7)5-13(2)18(14,15)10-4-3-9(11)17-10/h3-4,6H,5H2,1-2H3. The molecule has 0 radical (unpaired) electrons. The number of nitrogens with zero attached hydrogens (tertiary/aromatic N) is 2. The third kappa shape index (κ3) is 2.83. The molecule has 0 aromatic carbocycles. The minimum absolute atomic E-state index is 0.346. The minimum Gasteiger partial charge on any atom is -0.250 e. The fourth-order valence-corrected chi connectivity index (χ4v) is 5.63. The zero-order valence-corrected chi connectivity index (χ0v) is 13.8. The van der Waals surface area contributed by atoms with Crippen LogP contribution in [0.5, 0.6) is 0 Å². The van der Waals surface area contributed by atoms with E-state index in [0.29, 0.717) is 10.8 Å². The molecule has 8 heteroatoms. The second-order valence-electron chi connectivity index (χ2n) is 3.68. The molecular weight excluding hydrogens is 356 g/mol. The summed E-state index contributed by atoms with van der Waals surface area (Å²) in [4.78, 5) is 5.09. The molecule has 0 bridgehead atoms. The molecule has 0 unspecified atom stereocenters. The summed E-state index contributed by atoms with van der Waals surface area (Å²) >= 11 is 5.96. The van der Waals surface area contributed by atoms with Crippen molar-refractivity contribution in [2.75, 3.05) is 7.05 Å². The molecule has 0 fully saturated rings. The Morgan fingerprint density at radius 2 is 2.17 bits per heavy atom.